The van der Waals surface area contributed by atoms with E-state index in [1.807, 2.05) is 0 Å². The first-order valence-electron chi connectivity index (χ1n) is 4.90. The summed E-state index contributed by atoms with van der Waals surface area (Å²) < 4.78 is 28.8. The van der Waals surface area contributed by atoms with Gasteiger partial charge in [0.05, 0.1) is 6.61 Å². The Labute approximate surface area is 83.9 Å². The first-order valence-corrected chi connectivity index (χ1v) is 6.39. The fourth-order valence-corrected chi connectivity index (χ4v) is 1.48. The molecule has 0 bridgehead atoms. The van der Waals surface area contributed by atoms with E-state index >= 15 is 0 Å². The predicted octanol–water partition coefficient (Wildman–Crippen LogP) is 3.37. The van der Waals surface area contributed by atoms with Crippen molar-refractivity contribution in [3.8, 4) is 0 Å². The van der Waals surface area contributed by atoms with Crippen LogP contribution >= 0.6 is 7.82 Å². The van der Waals surface area contributed by atoms with Gasteiger partial charge < -0.3 is 4.89 Å². The Bertz CT molecular complexity index is 177. The normalized spacial score (nSPS) is 15.4. The van der Waals surface area contributed by atoms with E-state index < -0.39 is 7.82 Å². The molecule has 0 radical (unpaired) electrons. The zero-order valence-corrected chi connectivity index (χ0v) is 9.34. The van der Waals surface area contributed by atoms with Gasteiger partial charge in [-0.25, -0.2) is 4.57 Å². The van der Waals surface area contributed by atoms with E-state index in [0.717, 1.165) is 19.3 Å². The Kier molecular flexibility index (Phi) is 8.38. The molecule has 1 unspecified atom stereocenters. The molecular formula is C8H18FO4P. The summed E-state index contributed by atoms with van der Waals surface area (Å²) >= 11 is 0. The zero-order chi connectivity index (χ0) is 10.9. The third kappa shape index (κ3) is 8.63. The summed E-state index contributed by atoms with van der Waals surface area (Å²) in [6, 6.07) is 0. The number of halogens is 1. The van der Waals surface area contributed by atoms with Crippen molar-refractivity contribution in [2.45, 2.75) is 45.4 Å². The molecule has 0 aromatic carbocycles. The summed E-state index contributed by atoms with van der Waals surface area (Å²) in [4.78, 5) is 8.50. The van der Waals surface area contributed by atoms with Crippen molar-refractivity contribution in [3.63, 3.8) is 0 Å². The lowest BCUT2D eigenvalue weighted by Gasteiger charge is -2.05. The first-order chi connectivity index (χ1) is 6.62. The molecule has 0 aromatic heterocycles. The predicted molar refractivity (Wildman–Crippen MR) is 51.3 cm³/mol. The Morgan fingerprint density at radius 3 is 2.36 bits per heavy atom. The fourth-order valence-electron chi connectivity index (χ4n) is 1.08. The van der Waals surface area contributed by atoms with Crippen LogP contribution in [0.2, 0.25) is 0 Å². The number of unbranched alkanes of at least 4 members (excludes halogenated alkanes) is 5. The smallest absolute Gasteiger partial charge is 0.301 e. The second-order valence-corrected chi connectivity index (χ2v) is 4.47. The maximum absolute atomic E-state index is 11.3. The molecule has 14 heavy (non-hydrogen) atoms. The highest BCUT2D eigenvalue weighted by Gasteiger charge is 2.20. The molecule has 0 saturated carbocycles. The van der Waals surface area contributed by atoms with Crippen LogP contribution in [0.25, 0.3) is 0 Å². The monoisotopic (exact) mass is 228 g/mol. The lowest BCUT2D eigenvalue weighted by atomic mass is 10.1. The molecule has 0 amide bonds. The molecule has 0 aliphatic carbocycles. The molecule has 6 heteroatoms. The summed E-state index contributed by atoms with van der Waals surface area (Å²) in [6.45, 7) is 2.19. The van der Waals surface area contributed by atoms with Gasteiger partial charge in [-0.2, -0.15) is 0 Å². The molecule has 0 spiro atoms. The number of phosphoric ester groups is 1. The van der Waals surface area contributed by atoms with Crippen LogP contribution in [0.15, 0.2) is 0 Å². The molecule has 4 nitrogen and oxygen atoms in total. The van der Waals surface area contributed by atoms with E-state index in [1.165, 1.54) is 12.8 Å². The van der Waals surface area contributed by atoms with Crippen molar-refractivity contribution >= 4 is 7.82 Å². The van der Waals surface area contributed by atoms with E-state index in [-0.39, 0.29) is 6.61 Å². The van der Waals surface area contributed by atoms with E-state index in [2.05, 4.69) is 16.2 Å². The largest absolute Gasteiger partial charge is 0.503 e. The van der Waals surface area contributed by atoms with Crippen LogP contribution in [0.3, 0.4) is 0 Å². The van der Waals surface area contributed by atoms with Gasteiger partial charge in [0.25, 0.3) is 0 Å². The van der Waals surface area contributed by atoms with Crippen LogP contribution in [0.1, 0.15) is 45.4 Å². The number of hydrogen-bond acceptors (Lipinski definition) is 3. The summed E-state index contributed by atoms with van der Waals surface area (Å²) in [5.74, 6) is 0. The van der Waals surface area contributed by atoms with Crippen molar-refractivity contribution < 1.29 is 23.2 Å². The maximum atomic E-state index is 11.3. The molecule has 0 saturated heterocycles. The van der Waals surface area contributed by atoms with E-state index in [1.54, 1.807) is 0 Å². The van der Waals surface area contributed by atoms with Crippen LogP contribution < -0.4 is 0 Å². The molecule has 0 aliphatic rings. The van der Waals surface area contributed by atoms with E-state index in [9.17, 15) is 9.09 Å². The highest BCUT2D eigenvalue weighted by molar-refractivity contribution is 7.47. The van der Waals surface area contributed by atoms with Crippen LogP contribution in [-0.4, -0.2) is 11.5 Å². The first kappa shape index (κ1) is 14.0. The quantitative estimate of drug-likeness (QED) is 0.485. The van der Waals surface area contributed by atoms with Crippen LogP contribution in [0, 0.1) is 0 Å². The van der Waals surface area contributed by atoms with Crippen LogP contribution in [0.4, 0.5) is 4.53 Å². The van der Waals surface area contributed by atoms with Crippen molar-refractivity contribution in [1.82, 2.24) is 0 Å². The lowest BCUT2D eigenvalue weighted by molar-refractivity contribution is -0.0480. The third-order valence-corrected chi connectivity index (χ3v) is 2.52. The Balaban J connectivity index is 3.17. The van der Waals surface area contributed by atoms with E-state index in [4.69, 9.17) is 4.89 Å². The summed E-state index contributed by atoms with van der Waals surface area (Å²) in [6.07, 6.45) is 6.19. The highest BCUT2D eigenvalue weighted by Crippen LogP contribution is 2.43. The third-order valence-electron chi connectivity index (χ3n) is 1.84. The Hall–Kier alpha value is 0.0400. The molecule has 1 atom stereocenters. The second kappa shape index (κ2) is 8.36. The van der Waals surface area contributed by atoms with Gasteiger partial charge >= 0.3 is 7.82 Å². The van der Waals surface area contributed by atoms with Crippen molar-refractivity contribution in [1.29, 1.82) is 0 Å². The van der Waals surface area contributed by atoms with Crippen LogP contribution in [-0.2, 0) is 13.8 Å². The van der Waals surface area contributed by atoms with Gasteiger partial charge in [-0.3, -0.25) is 4.52 Å². The number of hydrogen-bond donors (Lipinski definition) is 1. The highest BCUT2D eigenvalue weighted by atomic mass is 31.2. The molecule has 0 rings (SSSR count). The summed E-state index contributed by atoms with van der Waals surface area (Å²) in [5.41, 5.74) is 0. The fraction of sp³-hybridized carbons (Fsp3) is 1.00. The Morgan fingerprint density at radius 2 is 1.79 bits per heavy atom. The number of rotatable bonds is 9. The topological polar surface area (TPSA) is 55.8 Å². The van der Waals surface area contributed by atoms with Crippen molar-refractivity contribution in [3.05, 3.63) is 0 Å². The van der Waals surface area contributed by atoms with Gasteiger partial charge in [0, 0.05) is 0 Å². The second-order valence-electron chi connectivity index (χ2n) is 3.14. The average molecular weight is 228 g/mol. The Morgan fingerprint density at radius 1 is 1.21 bits per heavy atom. The molecule has 1 N–H and O–H groups in total. The molecule has 86 valence electrons. The average Bonchev–Trinajstić information content (AvgIpc) is 2.16. The van der Waals surface area contributed by atoms with Gasteiger partial charge in [-0.1, -0.05) is 43.8 Å². The zero-order valence-electron chi connectivity index (χ0n) is 8.45. The summed E-state index contributed by atoms with van der Waals surface area (Å²) in [7, 11) is -4.40. The van der Waals surface area contributed by atoms with Gasteiger partial charge in [-0.05, 0) is 10.9 Å². The molecule has 0 aromatic rings. The van der Waals surface area contributed by atoms with E-state index in [0.29, 0.717) is 6.42 Å². The van der Waals surface area contributed by atoms with Gasteiger partial charge in [-0.15, -0.1) is 0 Å². The van der Waals surface area contributed by atoms with Crippen molar-refractivity contribution in [2.75, 3.05) is 6.61 Å². The van der Waals surface area contributed by atoms with Crippen LogP contribution in [0.5, 0.6) is 0 Å². The van der Waals surface area contributed by atoms with Gasteiger partial charge in [0.2, 0.25) is 0 Å². The molecule has 0 aliphatic heterocycles. The SMILES string of the molecule is CCCCCCCCOP(=O)(O)OF. The standard InChI is InChI=1S/C8H18FO4P/c1-2-3-4-5-6-7-8-12-14(10,11)13-9/h2-8H2,1H3,(H,10,11). The van der Waals surface area contributed by atoms with Crippen molar-refractivity contribution in [2.24, 2.45) is 0 Å². The van der Waals surface area contributed by atoms with Gasteiger partial charge in [0.1, 0.15) is 0 Å². The minimum atomic E-state index is -4.40. The number of phosphoric acid groups is 1. The lowest BCUT2D eigenvalue weighted by Crippen LogP contribution is -1.93. The van der Waals surface area contributed by atoms with Gasteiger partial charge in [0.15, 0.2) is 0 Å². The molecule has 0 heterocycles. The molecule has 0 fully saturated rings. The molecular weight excluding hydrogens is 210 g/mol. The minimum Gasteiger partial charge on any atom is -0.301 e. The minimum absolute atomic E-state index is 0.0593. The maximum Gasteiger partial charge on any atom is 0.503 e. The summed E-state index contributed by atoms with van der Waals surface area (Å²) in [5, 5.41) is 0.